The summed E-state index contributed by atoms with van der Waals surface area (Å²) >= 11 is 6.15. The molecule has 1 aliphatic heterocycles. The number of rotatable bonds is 10. The number of nitrogens with zero attached hydrogens (tertiary/aromatic N) is 3. The second-order valence-electron chi connectivity index (χ2n) is 9.01. The molecule has 1 aromatic carbocycles. The van der Waals surface area contributed by atoms with Crippen LogP contribution in [0.2, 0.25) is 5.15 Å². The number of amides is 1. The van der Waals surface area contributed by atoms with Crippen LogP contribution in [0, 0.1) is 0 Å². The van der Waals surface area contributed by atoms with Gasteiger partial charge in [0.2, 0.25) is 5.60 Å². The van der Waals surface area contributed by atoms with Crippen molar-refractivity contribution < 1.29 is 40.6 Å². The van der Waals surface area contributed by atoms with Crippen molar-refractivity contribution in [1.82, 2.24) is 9.78 Å². The number of hydrogen-bond donors (Lipinski definition) is 2. The molecule has 2 aromatic rings. The topological polar surface area (TPSA) is 138 Å². The first-order chi connectivity index (χ1) is 18.1. The fraction of sp³-hybridized carbons (Fsp3) is 0.478. The lowest BCUT2D eigenvalue weighted by molar-refractivity contribution is -0.242. The number of nitrogens with one attached hydrogen (secondary N) is 1. The van der Waals surface area contributed by atoms with Crippen molar-refractivity contribution in [3.63, 3.8) is 0 Å². The lowest BCUT2D eigenvalue weighted by Gasteiger charge is -2.35. The highest BCUT2D eigenvalue weighted by atomic mass is 35.5. The number of hydrogen-bond acceptors (Lipinski definition) is 8. The van der Waals surface area contributed by atoms with Crippen LogP contribution < -0.4 is 20.1 Å². The van der Waals surface area contributed by atoms with Gasteiger partial charge in [0.1, 0.15) is 23.5 Å². The highest BCUT2D eigenvalue weighted by molar-refractivity contribution is 7.93. The molecule has 0 saturated carbocycles. The van der Waals surface area contributed by atoms with Gasteiger partial charge in [-0.05, 0) is 45.4 Å². The molecule has 0 radical (unpaired) electrons. The van der Waals surface area contributed by atoms with Crippen molar-refractivity contribution in [2.45, 2.75) is 62.9 Å². The van der Waals surface area contributed by atoms with E-state index in [1.807, 2.05) is 0 Å². The van der Waals surface area contributed by atoms with Gasteiger partial charge in [0.05, 0.1) is 18.0 Å². The number of aromatic nitrogens is 2. The van der Waals surface area contributed by atoms with Gasteiger partial charge >= 0.3 is 12.3 Å². The number of benzene rings is 1. The molecule has 0 saturated heterocycles. The van der Waals surface area contributed by atoms with Gasteiger partial charge in [-0.15, -0.1) is 0 Å². The molecular formula is C23H29ClF3N5O6S. The van der Waals surface area contributed by atoms with E-state index in [9.17, 15) is 26.4 Å². The molecule has 2 heterocycles. The van der Waals surface area contributed by atoms with E-state index < -0.39 is 34.0 Å². The van der Waals surface area contributed by atoms with Gasteiger partial charge in [-0.25, -0.2) is 13.2 Å². The largest absolute Gasteiger partial charge is 0.486 e. The van der Waals surface area contributed by atoms with Crippen LogP contribution in [-0.4, -0.2) is 55.4 Å². The van der Waals surface area contributed by atoms with E-state index >= 15 is 0 Å². The number of allylic oxidation sites excluding steroid dienone is 1. The molecule has 1 atom stereocenters. The maximum Gasteiger partial charge on any atom is 0.427 e. The molecule has 3 rings (SSSR count). The number of nitrogens with two attached hydrogens (primary N) is 1. The Morgan fingerprint density at radius 1 is 1.36 bits per heavy atom. The summed E-state index contributed by atoms with van der Waals surface area (Å²) in [7, 11) is -4.30. The van der Waals surface area contributed by atoms with Crippen molar-refractivity contribution in [3.05, 3.63) is 41.9 Å². The van der Waals surface area contributed by atoms with E-state index in [0.29, 0.717) is 39.0 Å². The minimum absolute atomic E-state index is 0.0245. The zero-order valence-corrected chi connectivity index (χ0v) is 23.0. The molecule has 1 amide bonds. The first kappa shape index (κ1) is 30.4. The lowest BCUT2D eigenvalue weighted by Crippen LogP contribution is -2.44. The standard InChI is InChI=1S/C23H29ClF3N5O6S/c1-5-31-12-19(20(24)30-31)39(34,35)32-11-16(8-6-14(2)36-13-28)37-18-9-7-15(10-17(18)32)29-21(33)38-22(3,4)23(25,26)27/h7,9-10,12,16H,2,5-6,8,11,13,28H2,1,3-4H3,(H,29,33). The Balaban J connectivity index is 1.95. The van der Waals surface area contributed by atoms with Crippen LogP contribution in [0.1, 0.15) is 33.6 Å². The Morgan fingerprint density at radius 2 is 2.05 bits per heavy atom. The van der Waals surface area contributed by atoms with Gasteiger partial charge in [0.25, 0.3) is 10.0 Å². The average Bonchev–Trinajstić information content (AvgIpc) is 3.23. The molecule has 11 nitrogen and oxygen atoms in total. The van der Waals surface area contributed by atoms with E-state index in [1.54, 1.807) is 6.92 Å². The average molecular weight is 596 g/mol. The third kappa shape index (κ3) is 6.89. The number of aryl methyl sites for hydroxylation is 1. The number of anilines is 2. The number of alkyl halides is 3. The van der Waals surface area contributed by atoms with Crippen LogP contribution in [0.15, 0.2) is 41.6 Å². The first-order valence-corrected chi connectivity index (χ1v) is 13.5. The summed E-state index contributed by atoms with van der Waals surface area (Å²) in [4.78, 5) is 12.0. The normalized spacial score (nSPS) is 15.8. The van der Waals surface area contributed by atoms with Gasteiger partial charge in [-0.1, -0.05) is 18.2 Å². The van der Waals surface area contributed by atoms with E-state index in [1.165, 1.54) is 29.1 Å². The number of carbonyl (C=O) groups excluding carboxylic acids is 1. The molecule has 39 heavy (non-hydrogen) atoms. The zero-order valence-electron chi connectivity index (χ0n) is 21.4. The fourth-order valence-corrected chi connectivity index (χ4v) is 5.49. The van der Waals surface area contributed by atoms with E-state index in [2.05, 4.69) is 21.7 Å². The molecular weight excluding hydrogens is 567 g/mol. The number of ether oxygens (including phenoxy) is 3. The molecule has 1 aromatic heterocycles. The summed E-state index contributed by atoms with van der Waals surface area (Å²) in [6, 6.07) is 3.97. The van der Waals surface area contributed by atoms with Crippen molar-refractivity contribution >= 4 is 39.1 Å². The number of halogens is 4. The summed E-state index contributed by atoms with van der Waals surface area (Å²) in [5.41, 5.74) is 2.60. The summed E-state index contributed by atoms with van der Waals surface area (Å²) < 4.78 is 85.0. The van der Waals surface area contributed by atoms with Crippen LogP contribution in [0.4, 0.5) is 29.3 Å². The predicted molar refractivity (Wildman–Crippen MR) is 137 cm³/mol. The summed E-state index contributed by atoms with van der Waals surface area (Å²) in [6.45, 7) is 7.06. The predicted octanol–water partition coefficient (Wildman–Crippen LogP) is 4.63. The minimum atomic E-state index is -4.81. The minimum Gasteiger partial charge on any atom is -0.486 e. The Labute approximate surface area is 228 Å². The van der Waals surface area contributed by atoms with Gasteiger partial charge in [-0.2, -0.15) is 18.3 Å². The molecule has 216 valence electrons. The van der Waals surface area contributed by atoms with Gasteiger partial charge in [0.15, 0.2) is 5.15 Å². The van der Waals surface area contributed by atoms with Gasteiger partial charge in [0, 0.05) is 24.8 Å². The van der Waals surface area contributed by atoms with Crippen molar-refractivity contribution in [3.8, 4) is 5.75 Å². The van der Waals surface area contributed by atoms with Crippen LogP contribution in [0.5, 0.6) is 5.75 Å². The number of carbonyl (C=O) groups is 1. The lowest BCUT2D eigenvalue weighted by atomic mass is 10.1. The van der Waals surface area contributed by atoms with E-state index in [0.717, 1.165) is 4.31 Å². The van der Waals surface area contributed by atoms with Crippen LogP contribution in [0.25, 0.3) is 0 Å². The third-order valence-corrected chi connectivity index (χ3v) is 7.95. The number of sulfonamides is 1. The smallest absolute Gasteiger partial charge is 0.427 e. The molecule has 3 N–H and O–H groups in total. The second kappa shape index (κ2) is 11.5. The summed E-state index contributed by atoms with van der Waals surface area (Å²) in [5.74, 6) is 0.544. The molecule has 16 heteroatoms. The Hall–Kier alpha value is -3.17. The van der Waals surface area contributed by atoms with Crippen LogP contribution >= 0.6 is 11.6 Å². The molecule has 0 bridgehead atoms. The molecule has 1 aliphatic rings. The van der Waals surface area contributed by atoms with Crippen molar-refractivity contribution in [1.29, 1.82) is 0 Å². The van der Waals surface area contributed by atoms with Crippen molar-refractivity contribution in [2.24, 2.45) is 5.73 Å². The van der Waals surface area contributed by atoms with Gasteiger partial charge in [-0.3, -0.25) is 20.0 Å². The monoisotopic (exact) mass is 595 g/mol. The molecule has 0 fully saturated rings. The highest BCUT2D eigenvalue weighted by Gasteiger charge is 2.51. The fourth-order valence-electron chi connectivity index (χ4n) is 3.55. The maximum absolute atomic E-state index is 13.8. The van der Waals surface area contributed by atoms with Crippen LogP contribution in [-0.2, 0) is 26.0 Å². The molecule has 0 aliphatic carbocycles. The zero-order chi connectivity index (χ0) is 29.2. The quantitative estimate of drug-likeness (QED) is 0.300. The summed E-state index contributed by atoms with van der Waals surface area (Å²) in [6.07, 6.45) is -4.88. The van der Waals surface area contributed by atoms with Crippen molar-refractivity contribution in [2.75, 3.05) is 22.9 Å². The Bertz CT molecular complexity index is 1330. The van der Waals surface area contributed by atoms with Gasteiger partial charge < -0.3 is 14.2 Å². The highest BCUT2D eigenvalue weighted by Crippen LogP contribution is 2.41. The SMILES string of the molecule is C=C(CCC1CN(S(=O)(=O)c2cn(CC)nc2Cl)c2cc(NC(=O)OC(C)(C)C(F)(F)F)ccc2O1)OCN. The van der Waals surface area contributed by atoms with Crippen LogP contribution in [0.3, 0.4) is 0 Å². The number of fused-ring (bicyclic) bond motifs is 1. The van der Waals surface area contributed by atoms with E-state index in [4.69, 9.17) is 26.8 Å². The van der Waals surface area contributed by atoms with E-state index in [-0.39, 0.29) is 40.4 Å². The summed E-state index contributed by atoms with van der Waals surface area (Å²) in [5, 5.41) is 5.96. The third-order valence-electron chi connectivity index (χ3n) is 5.78. The maximum atomic E-state index is 13.8. The Kier molecular flexibility index (Phi) is 8.97. The molecule has 1 unspecified atom stereocenters. The Morgan fingerprint density at radius 3 is 2.64 bits per heavy atom. The second-order valence-corrected chi connectivity index (χ2v) is 11.2. The molecule has 0 spiro atoms. The first-order valence-electron chi connectivity index (χ1n) is 11.7.